The molecule has 0 saturated heterocycles. The van der Waals surface area contributed by atoms with Crippen molar-refractivity contribution in [3.05, 3.63) is 35.9 Å². The molecule has 96 valence electrons. The lowest BCUT2D eigenvalue weighted by Crippen LogP contribution is -2.42. The maximum Gasteiger partial charge on any atom is 0.270 e. The second kappa shape index (κ2) is 7.34. The number of hydrogen-bond acceptors (Lipinski definition) is 3. The van der Waals surface area contributed by atoms with Crippen LogP contribution in [0.2, 0.25) is 0 Å². The second-order valence-corrected chi connectivity index (χ2v) is 3.72. The highest BCUT2D eigenvalue weighted by molar-refractivity contribution is 5.95. The maximum absolute atomic E-state index is 11.7. The minimum Gasteiger partial charge on any atom is -0.382 e. The lowest BCUT2D eigenvalue weighted by atomic mass is 10.2. The van der Waals surface area contributed by atoms with Gasteiger partial charge >= 0.3 is 0 Å². The van der Waals surface area contributed by atoms with E-state index in [0.717, 1.165) is 5.56 Å². The van der Waals surface area contributed by atoms with Gasteiger partial charge in [0.15, 0.2) is 0 Å². The summed E-state index contributed by atoms with van der Waals surface area (Å²) < 4.78 is 4.87. The van der Waals surface area contributed by atoms with Gasteiger partial charge in [0.2, 0.25) is 5.91 Å². The van der Waals surface area contributed by atoms with Crippen molar-refractivity contribution < 1.29 is 14.3 Å². The molecule has 0 unspecified atom stereocenters. The predicted octanol–water partition coefficient (Wildman–Crippen LogP) is 0.783. The van der Waals surface area contributed by atoms with Gasteiger partial charge in [-0.1, -0.05) is 30.3 Å². The Bertz CT molecular complexity index is 429. The summed E-state index contributed by atoms with van der Waals surface area (Å²) in [5, 5.41) is 2.49. The van der Waals surface area contributed by atoms with Crippen LogP contribution >= 0.6 is 0 Å². The molecule has 18 heavy (non-hydrogen) atoms. The Morgan fingerprint density at radius 1 is 1.39 bits per heavy atom. The van der Waals surface area contributed by atoms with Crippen molar-refractivity contribution in [2.75, 3.05) is 13.7 Å². The van der Waals surface area contributed by atoms with Gasteiger partial charge in [0, 0.05) is 20.2 Å². The van der Waals surface area contributed by atoms with Crippen LogP contribution in [-0.2, 0) is 14.3 Å². The molecule has 1 aromatic carbocycles. The van der Waals surface area contributed by atoms with E-state index in [0.29, 0.717) is 0 Å². The van der Waals surface area contributed by atoms with Crippen molar-refractivity contribution in [3.8, 4) is 0 Å². The number of aliphatic imine (C=N–C) groups is 1. The first-order chi connectivity index (χ1) is 8.63. The molecule has 1 atom stereocenters. The summed E-state index contributed by atoms with van der Waals surface area (Å²) in [6.07, 6.45) is 1.47. The smallest absolute Gasteiger partial charge is 0.270 e. The number of hydrogen-bond donors (Lipinski definition) is 1. The monoisotopic (exact) mass is 248 g/mol. The summed E-state index contributed by atoms with van der Waals surface area (Å²) in [5.41, 5.74) is 0.824. The van der Waals surface area contributed by atoms with Gasteiger partial charge in [-0.05, 0) is 5.56 Å². The first-order valence-corrected chi connectivity index (χ1v) is 5.52. The highest BCUT2D eigenvalue weighted by Crippen LogP contribution is 1.96. The molecule has 5 heteroatoms. The third-order valence-corrected chi connectivity index (χ3v) is 2.15. The molecule has 1 aromatic rings. The highest BCUT2D eigenvalue weighted by atomic mass is 16.5. The van der Waals surface area contributed by atoms with Crippen LogP contribution in [0.3, 0.4) is 0 Å². The zero-order valence-corrected chi connectivity index (χ0v) is 10.4. The Kier molecular flexibility index (Phi) is 5.73. The number of amides is 2. The number of methoxy groups -OCH3 is 1. The van der Waals surface area contributed by atoms with Crippen molar-refractivity contribution in [2.24, 2.45) is 4.99 Å². The van der Waals surface area contributed by atoms with Crippen molar-refractivity contribution in [1.29, 1.82) is 0 Å². The molecule has 0 bridgehead atoms. The lowest BCUT2D eigenvalue weighted by Gasteiger charge is -2.12. The molecular weight excluding hydrogens is 232 g/mol. The topological polar surface area (TPSA) is 67.8 Å². The van der Waals surface area contributed by atoms with Gasteiger partial charge in [-0.15, -0.1) is 0 Å². The van der Waals surface area contributed by atoms with Crippen LogP contribution in [0.5, 0.6) is 0 Å². The third kappa shape index (κ3) is 4.88. The van der Waals surface area contributed by atoms with E-state index in [2.05, 4.69) is 10.3 Å². The number of benzene rings is 1. The van der Waals surface area contributed by atoms with Crippen LogP contribution < -0.4 is 5.32 Å². The quantitative estimate of drug-likeness (QED) is 0.783. The highest BCUT2D eigenvalue weighted by Gasteiger charge is 2.17. The molecule has 2 amide bonds. The number of rotatable bonds is 5. The van der Waals surface area contributed by atoms with E-state index < -0.39 is 11.9 Å². The zero-order chi connectivity index (χ0) is 13.4. The number of nitrogens with zero attached hydrogens (tertiary/aromatic N) is 1. The maximum atomic E-state index is 11.7. The summed E-state index contributed by atoms with van der Waals surface area (Å²) in [5.74, 6) is -0.726. The number of ether oxygens (including phenoxy) is 1. The second-order valence-electron chi connectivity index (χ2n) is 3.72. The summed E-state index contributed by atoms with van der Waals surface area (Å²) in [7, 11) is 1.46. The first-order valence-electron chi connectivity index (χ1n) is 5.52. The summed E-state index contributed by atoms with van der Waals surface area (Å²) in [6, 6.07) is 8.51. The van der Waals surface area contributed by atoms with Crippen molar-refractivity contribution >= 4 is 18.0 Å². The van der Waals surface area contributed by atoms with Gasteiger partial charge in [0.1, 0.15) is 6.04 Å². The largest absolute Gasteiger partial charge is 0.382 e. The normalized spacial score (nSPS) is 12.3. The van der Waals surface area contributed by atoms with E-state index in [1.54, 1.807) is 0 Å². The van der Waals surface area contributed by atoms with E-state index in [9.17, 15) is 9.59 Å². The van der Waals surface area contributed by atoms with Crippen LogP contribution in [0.4, 0.5) is 0 Å². The molecule has 1 rings (SSSR count). The molecule has 0 saturated carbocycles. The molecule has 0 heterocycles. The van der Waals surface area contributed by atoms with Crippen LogP contribution in [-0.4, -0.2) is 37.8 Å². The van der Waals surface area contributed by atoms with Gasteiger partial charge in [-0.3, -0.25) is 9.59 Å². The van der Waals surface area contributed by atoms with E-state index >= 15 is 0 Å². The minimum atomic E-state index is -0.743. The van der Waals surface area contributed by atoms with Crippen molar-refractivity contribution in [2.45, 2.75) is 13.0 Å². The summed E-state index contributed by atoms with van der Waals surface area (Å²) in [6.45, 7) is 1.45. The van der Waals surface area contributed by atoms with Gasteiger partial charge in [0.25, 0.3) is 5.91 Å². The zero-order valence-electron chi connectivity index (χ0n) is 10.4. The molecule has 0 aromatic heterocycles. The Morgan fingerprint density at radius 2 is 2.06 bits per heavy atom. The molecular formula is C13H16N2O3. The van der Waals surface area contributed by atoms with E-state index in [1.165, 1.54) is 20.2 Å². The fourth-order valence-electron chi connectivity index (χ4n) is 1.35. The number of nitrogens with one attached hydrogen (secondary N) is 1. The Labute approximate surface area is 106 Å². The molecule has 0 aliphatic carbocycles. The lowest BCUT2D eigenvalue weighted by molar-refractivity contribution is -0.127. The standard InChI is InChI=1S/C13H16N2O3/c1-10(16)15-12(9-18-2)13(17)14-8-11-6-4-3-5-7-11/h3-8,12H,9H2,1-2H3,(H,15,16)/t12-/m1/s1. The Balaban J connectivity index is 2.66. The predicted molar refractivity (Wildman–Crippen MR) is 68.5 cm³/mol. The fourth-order valence-corrected chi connectivity index (χ4v) is 1.35. The van der Waals surface area contributed by atoms with Crippen molar-refractivity contribution in [1.82, 2.24) is 5.32 Å². The molecule has 0 radical (unpaired) electrons. The van der Waals surface area contributed by atoms with Gasteiger partial charge < -0.3 is 10.1 Å². The molecule has 1 N–H and O–H groups in total. The van der Waals surface area contributed by atoms with Crippen LogP contribution in [0.1, 0.15) is 12.5 Å². The summed E-state index contributed by atoms with van der Waals surface area (Å²) in [4.78, 5) is 26.5. The van der Waals surface area contributed by atoms with E-state index in [-0.39, 0.29) is 12.5 Å². The van der Waals surface area contributed by atoms with Crippen LogP contribution in [0, 0.1) is 0 Å². The van der Waals surface area contributed by atoms with Crippen LogP contribution in [0.25, 0.3) is 0 Å². The molecule has 5 nitrogen and oxygen atoms in total. The molecule has 0 fully saturated rings. The Hall–Kier alpha value is -2.01. The average molecular weight is 248 g/mol. The number of carbonyl (C=O) groups excluding carboxylic acids is 2. The third-order valence-electron chi connectivity index (χ3n) is 2.15. The fraction of sp³-hybridized carbons (Fsp3) is 0.308. The SMILES string of the molecule is COC[C@@H](NC(C)=O)C(=O)N=Cc1ccccc1. The van der Waals surface area contributed by atoms with Gasteiger partial charge in [0.05, 0.1) is 6.61 Å². The van der Waals surface area contributed by atoms with Gasteiger partial charge in [-0.2, -0.15) is 0 Å². The summed E-state index contributed by atoms with van der Waals surface area (Å²) >= 11 is 0. The Morgan fingerprint density at radius 3 is 2.61 bits per heavy atom. The molecule has 0 aliphatic heterocycles. The number of carbonyl (C=O) groups is 2. The first kappa shape index (κ1) is 14.1. The van der Waals surface area contributed by atoms with E-state index in [4.69, 9.17) is 4.74 Å². The average Bonchev–Trinajstić information content (AvgIpc) is 2.36. The van der Waals surface area contributed by atoms with Crippen LogP contribution in [0.15, 0.2) is 35.3 Å². The van der Waals surface area contributed by atoms with Crippen molar-refractivity contribution in [3.63, 3.8) is 0 Å². The minimum absolute atomic E-state index is 0.102. The van der Waals surface area contributed by atoms with E-state index in [1.807, 2.05) is 30.3 Å². The molecule has 0 spiro atoms. The van der Waals surface area contributed by atoms with Gasteiger partial charge in [-0.25, -0.2) is 4.99 Å². The molecule has 0 aliphatic rings.